The average Bonchev–Trinajstić information content (AvgIpc) is 2.48. The Morgan fingerprint density at radius 2 is 1.83 bits per heavy atom. The zero-order chi connectivity index (χ0) is 17.2. The third-order valence-electron chi connectivity index (χ3n) is 3.68. The molecule has 138 valence electrons. The number of aromatic nitrogens is 1. The third kappa shape index (κ3) is 8.82. The molecule has 5 nitrogen and oxygen atoms in total. The number of nitrogens with one attached hydrogen (secondary N) is 2. The molecular weight excluding hydrogens is 413 g/mol. The molecule has 24 heavy (non-hydrogen) atoms. The van der Waals surface area contributed by atoms with Crippen molar-refractivity contribution in [2.45, 2.75) is 60.2 Å². The number of hydrogen-bond acceptors (Lipinski definition) is 3. The Morgan fingerprint density at radius 1 is 1.17 bits per heavy atom. The fourth-order valence-electron chi connectivity index (χ4n) is 2.61. The summed E-state index contributed by atoms with van der Waals surface area (Å²) < 4.78 is 0. The third-order valence-corrected chi connectivity index (χ3v) is 3.68. The maximum Gasteiger partial charge on any atom is 0.191 e. The predicted octanol–water partition coefficient (Wildman–Crippen LogP) is 3.18. The van der Waals surface area contributed by atoms with Crippen LogP contribution in [0.2, 0.25) is 0 Å². The minimum Gasteiger partial charge on any atom is -0.357 e. The second-order valence-corrected chi connectivity index (χ2v) is 6.32. The number of hydrogen-bond donors (Lipinski definition) is 2. The Morgan fingerprint density at radius 3 is 2.38 bits per heavy atom. The SMILES string of the molecule is CCNC(=NCc1cccc(C)n1)NCCN(C(C)C)C(C)C.I. The van der Waals surface area contributed by atoms with Gasteiger partial charge in [0.05, 0.1) is 12.2 Å². The molecule has 1 heterocycles. The van der Waals surface area contributed by atoms with Gasteiger partial charge in [0.1, 0.15) is 0 Å². The van der Waals surface area contributed by atoms with E-state index in [-0.39, 0.29) is 24.0 Å². The molecule has 0 unspecified atom stereocenters. The number of aliphatic imine (C=N–C) groups is 1. The largest absolute Gasteiger partial charge is 0.357 e. The van der Waals surface area contributed by atoms with Crippen LogP contribution in [0.5, 0.6) is 0 Å². The van der Waals surface area contributed by atoms with Gasteiger partial charge in [0.15, 0.2) is 5.96 Å². The molecule has 0 radical (unpaired) electrons. The lowest BCUT2D eigenvalue weighted by Crippen LogP contribution is -2.45. The van der Waals surface area contributed by atoms with E-state index in [1.165, 1.54) is 0 Å². The van der Waals surface area contributed by atoms with Gasteiger partial charge >= 0.3 is 0 Å². The van der Waals surface area contributed by atoms with Crippen molar-refractivity contribution in [3.05, 3.63) is 29.6 Å². The van der Waals surface area contributed by atoms with E-state index in [0.29, 0.717) is 18.6 Å². The van der Waals surface area contributed by atoms with E-state index in [0.717, 1.165) is 37.0 Å². The van der Waals surface area contributed by atoms with Gasteiger partial charge in [-0.2, -0.15) is 0 Å². The molecule has 6 heteroatoms. The quantitative estimate of drug-likeness (QED) is 0.365. The molecule has 0 fully saturated rings. The lowest BCUT2D eigenvalue weighted by atomic mass is 10.2. The van der Waals surface area contributed by atoms with Gasteiger partial charge < -0.3 is 10.6 Å². The zero-order valence-electron chi connectivity index (χ0n) is 16.0. The van der Waals surface area contributed by atoms with Crippen LogP contribution < -0.4 is 10.6 Å². The highest BCUT2D eigenvalue weighted by Crippen LogP contribution is 2.03. The Balaban J connectivity index is 0.00000529. The molecule has 0 aliphatic heterocycles. The van der Waals surface area contributed by atoms with E-state index >= 15 is 0 Å². The highest BCUT2D eigenvalue weighted by Gasteiger charge is 2.12. The zero-order valence-corrected chi connectivity index (χ0v) is 18.3. The van der Waals surface area contributed by atoms with Crippen LogP contribution in [-0.4, -0.2) is 47.6 Å². The van der Waals surface area contributed by atoms with Crippen LogP contribution in [0, 0.1) is 6.92 Å². The van der Waals surface area contributed by atoms with Crippen LogP contribution in [0.4, 0.5) is 0 Å². The van der Waals surface area contributed by atoms with Crippen molar-refractivity contribution in [2.24, 2.45) is 4.99 Å². The Labute approximate surface area is 164 Å². The summed E-state index contributed by atoms with van der Waals surface area (Å²) in [4.78, 5) is 11.6. The average molecular weight is 447 g/mol. The number of aryl methyl sites for hydroxylation is 1. The van der Waals surface area contributed by atoms with Gasteiger partial charge in [0.2, 0.25) is 0 Å². The topological polar surface area (TPSA) is 52.6 Å². The molecule has 1 rings (SSSR count). The lowest BCUT2D eigenvalue weighted by Gasteiger charge is -2.30. The first-order valence-electron chi connectivity index (χ1n) is 8.64. The first-order chi connectivity index (χ1) is 10.9. The van der Waals surface area contributed by atoms with Gasteiger partial charge in [-0.1, -0.05) is 6.07 Å². The number of nitrogens with zero attached hydrogens (tertiary/aromatic N) is 3. The molecule has 0 bridgehead atoms. The molecule has 2 N–H and O–H groups in total. The molecule has 0 spiro atoms. The first-order valence-corrected chi connectivity index (χ1v) is 8.64. The molecule has 0 aromatic carbocycles. The highest BCUT2D eigenvalue weighted by atomic mass is 127. The van der Waals surface area contributed by atoms with Crippen molar-refractivity contribution in [3.63, 3.8) is 0 Å². The molecular formula is C18H34IN5. The monoisotopic (exact) mass is 447 g/mol. The van der Waals surface area contributed by atoms with E-state index in [1.54, 1.807) is 0 Å². The van der Waals surface area contributed by atoms with Gasteiger partial charge in [-0.3, -0.25) is 9.88 Å². The normalized spacial score (nSPS) is 11.8. The molecule has 0 atom stereocenters. The summed E-state index contributed by atoms with van der Waals surface area (Å²) in [7, 11) is 0. The Kier molecular flexibility index (Phi) is 12.0. The summed E-state index contributed by atoms with van der Waals surface area (Å²) in [5, 5.41) is 6.71. The molecule has 0 aliphatic rings. The van der Waals surface area contributed by atoms with Crippen molar-refractivity contribution in [2.75, 3.05) is 19.6 Å². The van der Waals surface area contributed by atoms with Crippen molar-refractivity contribution in [1.82, 2.24) is 20.5 Å². The first kappa shape index (κ1) is 23.1. The summed E-state index contributed by atoms with van der Waals surface area (Å²) in [5.41, 5.74) is 2.02. The van der Waals surface area contributed by atoms with Crippen LogP contribution >= 0.6 is 24.0 Å². The van der Waals surface area contributed by atoms with Gasteiger partial charge in [-0.15, -0.1) is 24.0 Å². The van der Waals surface area contributed by atoms with Crippen LogP contribution in [-0.2, 0) is 6.54 Å². The van der Waals surface area contributed by atoms with E-state index in [2.05, 4.69) is 60.1 Å². The van der Waals surface area contributed by atoms with Crippen molar-refractivity contribution < 1.29 is 0 Å². The Bertz CT molecular complexity index is 480. The fraction of sp³-hybridized carbons (Fsp3) is 0.667. The summed E-state index contributed by atoms with van der Waals surface area (Å²) >= 11 is 0. The van der Waals surface area contributed by atoms with E-state index in [1.807, 2.05) is 25.1 Å². The fourth-order valence-corrected chi connectivity index (χ4v) is 2.61. The number of halogens is 1. The van der Waals surface area contributed by atoms with Gasteiger partial charge in [0.25, 0.3) is 0 Å². The highest BCUT2D eigenvalue weighted by molar-refractivity contribution is 14.0. The Hall–Kier alpha value is -0.890. The molecule has 1 aromatic heterocycles. The summed E-state index contributed by atoms with van der Waals surface area (Å²) in [6, 6.07) is 7.14. The van der Waals surface area contributed by atoms with Crippen LogP contribution in [0.15, 0.2) is 23.2 Å². The second kappa shape index (κ2) is 12.5. The van der Waals surface area contributed by atoms with Crippen molar-refractivity contribution in [1.29, 1.82) is 0 Å². The van der Waals surface area contributed by atoms with E-state index in [9.17, 15) is 0 Å². The minimum absolute atomic E-state index is 0. The summed E-state index contributed by atoms with van der Waals surface area (Å²) in [6.45, 7) is 16.4. The second-order valence-electron chi connectivity index (χ2n) is 6.32. The standard InChI is InChI=1S/C18H33N5.HI/c1-7-19-18(20-11-12-23(14(2)3)15(4)5)21-13-17-10-8-9-16(6)22-17;/h8-10,14-15H,7,11-13H2,1-6H3,(H2,19,20,21);1H. The maximum atomic E-state index is 4.62. The number of pyridine rings is 1. The molecule has 0 aliphatic carbocycles. The molecule has 0 amide bonds. The smallest absolute Gasteiger partial charge is 0.191 e. The van der Waals surface area contributed by atoms with Crippen molar-refractivity contribution in [3.8, 4) is 0 Å². The molecule has 0 saturated carbocycles. The lowest BCUT2D eigenvalue weighted by molar-refractivity contribution is 0.178. The van der Waals surface area contributed by atoms with Crippen LogP contribution in [0.25, 0.3) is 0 Å². The van der Waals surface area contributed by atoms with Crippen LogP contribution in [0.1, 0.15) is 46.0 Å². The summed E-state index contributed by atoms with van der Waals surface area (Å²) in [5.74, 6) is 0.850. The van der Waals surface area contributed by atoms with Crippen molar-refractivity contribution >= 4 is 29.9 Å². The van der Waals surface area contributed by atoms with Gasteiger partial charge in [-0.05, 0) is 53.7 Å². The summed E-state index contributed by atoms with van der Waals surface area (Å²) in [6.07, 6.45) is 0. The van der Waals surface area contributed by atoms with E-state index < -0.39 is 0 Å². The molecule has 0 saturated heterocycles. The number of rotatable bonds is 8. The van der Waals surface area contributed by atoms with E-state index in [4.69, 9.17) is 0 Å². The predicted molar refractivity (Wildman–Crippen MR) is 114 cm³/mol. The van der Waals surface area contributed by atoms with Gasteiger partial charge in [0, 0.05) is 37.4 Å². The van der Waals surface area contributed by atoms with Gasteiger partial charge in [-0.25, -0.2) is 4.99 Å². The molecule has 1 aromatic rings. The maximum absolute atomic E-state index is 4.62. The minimum atomic E-state index is 0. The number of guanidine groups is 1. The van der Waals surface area contributed by atoms with Crippen LogP contribution in [0.3, 0.4) is 0 Å².